The van der Waals surface area contributed by atoms with Gasteiger partial charge < -0.3 is 10.2 Å². The van der Waals surface area contributed by atoms with Gasteiger partial charge >= 0.3 is 6.18 Å². The van der Waals surface area contributed by atoms with Gasteiger partial charge in [-0.25, -0.2) is 4.99 Å². The fraction of sp³-hybridized carbons (Fsp3) is 0.556. The van der Waals surface area contributed by atoms with Crippen molar-refractivity contribution < 1.29 is 18.0 Å². The summed E-state index contributed by atoms with van der Waals surface area (Å²) in [6, 6.07) is -0.303. The fourth-order valence-electron chi connectivity index (χ4n) is 2.36. The highest BCUT2D eigenvalue weighted by Crippen LogP contribution is 2.29. The van der Waals surface area contributed by atoms with Gasteiger partial charge in [0.2, 0.25) is 5.91 Å². The monoisotopic (exact) mass is 359 g/mol. The van der Waals surface area contributed by atoms with Crippen molar-refractivity contribution in [3.8, 4) is 0 Å². The van der Waals surface area contributed by atoms with E-state index in [1.165, 1.54) is 6.08 Å². The first-order chi connectivity index (χ1) is 11.7. The van der Waals surface area contributed by atoms with Gasteiger partial charge in [-0.1, -0.05) is 33.1 Å². The molecule has 0 aliphatic carbocycles. The summed E-state index contributed by atoms with van der Waals surface area (Å²) in [6.45, 7) is 14.8. The Morgan fingerprint density at radius 2 is 1.84 bits per heavy atom. The maximum absolute atomic E-state index is 13.1. The topological polar surface area (TPSA) is 44.7 Å². The van der Waals surface area contributed by atoms with Crippen LogP contribution in [-0.2, 0) is 4.79 Å². The van der Waals surface area contributed by atoms with Crippen LogP contribution in [-0.4, -0.2) is 41.8 Å². The molecule has 1 heterocycles. The zero-order valence-electron chi connectivity index (χ0n) is 15.4. The van der Waals surface area contributed by atoms with Crippen LogP contribution in [0.15, 0.2) is 41.7 Å². The third-order valence-electron chi connectivity index (χ3n) is 3.35. The molecule has 0 spiro atoms. The maximum Gasteiger partial charge on any atom is 0.419 e. The van der Waals surface area contributed by atoms with E-state index in [0.717, 1.165) is 6.08 Å². The lowest BCUT2D eigenvalue weighted by Gasteiger charge is -2.33. The third-order valence-corrected chi connectivity index (χ3v) is 3.35. The van der Waals surface area contributed by atoms with E-state index in [0.29, 0.717) is 31.6 Å². The Hall–Kier alpha value is -2.05. The summed E-state index contributed by atoms with van der Waals surface area (Å²) in [6.07, 6.45) is -1.23. The Kier molecular flexibility index (Phi) is 9.86. The zero-order valence-corrected chi connectivity index (χ0v) is 15.4. The quantitative estimate of drug-likeness (QED) is 0.454. The molecule has 1 aliphatic rings. The lowest BCUT2D eigenvalue weighted by molar-refractivity contribution is -0.127. The largest absolute Gasteiger partial charge is 0.419 e. The van der Waals surface area contributed by atoms with Gasteiger partial charge in [-0.15, -0.1) is 0 Å². The molecule has 1 fully saturated rings. The number of hydrogen-bond donors (Lipinski definition) is 1. The molecule has 142 valence electrons. The first-order valence-corrected chi connectivity index (χ1v) is 8.32. The van der Waals surface area contributed by atoms with Crippen molar-refractivity contribution in [3.05, 3.63) is 36.7 Å². The molecule has 1 rings (SSSR count). The van der Waals surface area contributed by atoms with Crippen molar-refractivity contribution in [2.24, 2.45) is 4.99 Å². The predicted octanol–water partition coefficient (Wildman–Crippen LogP) is 4.22. The smallest absolute Gasteiger partial charge is 0.365 e. The predicted molar refractivity (Wildman–Crippen MR) is 96.3 cm³/mol. The highest BCUT2D eigenvalue weighted by Gasteiger charge is 2.35. The van der Waals surface area contributed by atoms with Gasteiger partial charge in [0.1, 0.15) is 5.82 Å². The third kappa shape index (κ3) is 7.58. The SMILES string of the molecule is C=CC(=O)N1CCCC(N/C(N=C(C)C)=C(/C=C)C(F)(F)F)C1.CC. The number of hydrogen-bond acceptors (Lipinski definition) is 3. The molecular formula is C18H28F3N3O. The number of piperidine rings is 1. The number of carbonyl (C=O) groups excluding carboxylic acids is 1. The van der Waals surface area contributed by atoms with Gasteiger partial charge in [0.05, 0.1) is 5.57 Å². The summed E-state index contributed by atoms with van der Waals surface area (Å²) in [4.78, 5) is 17.2. The first kappa shape index (κ1) is 22.9. The standard InChI is InChI=1S/C16H22F3N3O.C2H6/c1-5-13(16(17,18)19)15(20-11(3)4)21-12-8-7-9-22(10-12)14(23)6-2;1-2/h5-6,12,21H,1-2,7-10H2,3-4H3;1-2H3/b15-13-;. The van der Waals surface area contributed by atoms with E-state index in [9.17, 15) is 18.0 Å². The van der Waals surface area contributed by atoms with Crippen molar-refractivity contribution in [1.29, 1.82) is 0 Å². The van der Waals surface area contributed by atoms with E-state index in [4.69, 9.17) is 0 Å². The zero-order chi connectivity index (χ0) is 19.6. The highest BCUT2D eigenvalue weighted by atomic mass is 19.4. The summed E-state index contributed by atoms with van der Waals surface area (Å²) < 4.78 is 39.4. The molecule has 1 atom stereocenters. The Morgan fingerprint density at radius 3 is 2.28 bits per heavy atom. The van der Waals surface area contributed by atoms with Crippen molar-refractivity contribution in [2.75, 3.05) is 13.1 Å². The number of nitrogens with zero attached hydrogens (tertiary/aromatic N) is 2. The number of amides is 1. The van der Waals surface area contributed by atoms with Crippen molar-refractivity contribution in [1.82, 2.24) is 10.2 Å². The minimum atomic E-state index is -4.55. The average Bonchev–Trinajstić information content (AvgIpc) is 2.55. The molecule has 0 radical (unpaired) electrons. The number of likely N-dealkylation sites (tertiary alicyclic amines) is 1. The Labute approximate surface area is 148 Å². The number of nitrogens with one attached hydrogen (secondary N) is 1. The molecule has 1 amide bonds. The van der Waals surface area contributed by atoms with Crippen molar-refractivity contribution >= 4 is 11.6 Å². The van der Waals surface area contributed by atoms with Crippen LogP contribution in [0, 0.1) is 0 Å². The van der Waals surface area contributed by atoms with Gasteiger partial charge in [-0.05, 0) is 32.8 Å². The molecule has 1 unspecified atom stereocenters. The van der Waals surface area contributed by atoms with Crippen LogP contribution >= 0.6 is 0 Å². The summed E-state index contributed by atoms with van der Waals surface area (Å²) in [7, 11) is 0. The highest BCUT2D eigenvalue weighted by molar-refractivity contribution is 5.87. The van der Waals surface area contributed by atoms with E-state index in [1.54, 1.807) is 18.7 Å². The van der Waals surface area contributed by atoms with E-state index in [-0.39, 0.29) is 17.8 Å². The number of allylic oxidation sites excluding steroid dienone is 2. The molecule has 0 aromatic carbocycles. The Balaban J connectivity index is 0.00000277. The van der Waals surface area contributed by atoms with E-state index >= 15 is 0 Å². The molecule has 0 aromatic heterocycles. The number of aliphatic imine (C=N–C) groups is 1. The number of rotatable bonds is 5. The lowest BCUT2D eigenvalue weighted by atomic mass is 10.1. The molecule has 0 aromatic rings. The lowest BCUT2D eigenvalue weighted by Crippen LogP contribution is -2.47. The van der Waals surface area contributed by atoms with E-state index in [1.807, 2.05) is 13.8 Å². The summed E-state index contributed by atoms with van der Waals surface area (Å²) >= 11 is 0. The van der Waals surface area contributed by atoms with Crippen LogP contribution in [0.2, 0.25) is 0 Å². The molecule has 0 saturated carbocycles. The van der Waals surface area contributed by atoms with Crippen LogP contribution in [0.1, 0.15) is 40.5 Å². The summed E-state index contributed by atoms with van der Waals surface area (Å²) in [5.41, 5.74) is -0.420. The van der Waals surface area contributed by atoms with Gasteiger partial charge in [-0.2, -0.15) is 13.2 Å². The molecular weight excluding hydrogens is 331 g/mol. The molecule has 1 aliphatic heterocycles. The second kappa shape index (κ2) is 10.7. The Bertz CT molecular complexity index is 532. The Morgan fingerprint density at radius 1 is 1.24 bits per heavy atom. The van der Waals surface area contributed by atoms with Crippen molar-refractivity contribution in [2.45, 2.75) is 52.8 Å². The molecule has 25 heavy (non-hydrogen) atoms. The molecule has 1 saturated heterocycles. The van der Waals surface area contributed by atoms with E-state index < -0.39 is 11.7 Å². The first-order valence-electron chi connectivity index (χ1n) is 8.32. The average molecular weight is 359 g/mol. The molecule has 1 N–H and O–H groups in total. The summed E-state index contributed by atoms with van der Waals surface area (Å²) in [5, 5.41) is 2.83. The fourth-order valence-corrected chi connectivity index (χ4v) is 2.36. The van der Waals surface area contributed by atoms with Crippen LogP contribution in [0.3, 0.4) is 0 Å². The minimum absolute atomic E-state index is 0.225. The van der Waals surface area contributed by atoms with Gasteiger partial charge in [0, 0.05) is 24.8 Å². The number of alkyl halides is 3. The number of halogens is 3. The molecule has 7 heteroatoms. The van der Waals surface area contributed by atoms with Crippen molar-refractivity contribution in [3.63, 3.8) is 0 Å². The van der Waals surface area contributed by atoms with Gasteiger partial charge in [0.15, 0.2) is 0 Å². The molecule has 0 bridgehead atoms. The maximum atomic E-state index is 13.1. The summed E-state index contributed by atoms with van der Waals surface area (Å²) in [5.74, 6) is -0.484. The second-order valence-corrected chi connectivity index (χ2v) is 5.50. The van der Waals surface area contributed by atoms with Crippen LogP contribution in [0.25, 0.3) is 0 Å². The molecule has 4 nitrogen and oxygen atoms in total. The van der Waals surface area contributed by atoms with Gasteiger partial charge in [-0.3, -0.25) is 4.79 Å². The normalized spacial score (nSPS) is 18.2. The minimum Gasteiger partial charge on any atom is -0.365 e. The number of carbonyl (C=O) groups is 1. The van der Waals surface area contributed by atoms with Gasteiger partial charge in [0.25, 0.3) is 0 Å². The van der Waals surface area contributed by atoms with Crippen LogP contribution in [0.5, 0.6) is 0 Å². The van der Waals surface area contributed by atoms with E-state index in [2.05, 4.69) is 23.5 Å². The van der Waals surface area contributed by atoms with Crippen LogP contribution < -0.4 is 5.32 Å². The van der Waals surface area contributed by atoms with Crippen LogP contribution in [0.4, 0.5) is 13.2 Å². The second-order valence-electron chi connectivity index (χ2n) is 5.50.